The number of hydrogen-bond donors (Lipinski definition) is 1. The second kappa shape index (κ2) is 8.18. The Kier molecular flexibility index (Phi) is 5.29. The van der Waals surface area contributed by atoms with Crippen LogP contribution in [0.25, 0.3) is 0 Å². The molecular weight excluding hydrogens is 366 g/mol. The standard InChI is InChI=1S/C22H21N5O2/c1-2-27-20-12-16(19-10-11-21(28)26-25-19)8-9-17(20)18(22(27)29)14-24-23-13-15-6-4-3-5-7-15/h3-9,12-14,18H,2,10-11H2,1H3,(H,26,28)/b23-13+,24-14+. The molecule has 0 fully saturated rings. The van der Waals surface area contributed by atoms with Crippen molar-refractivity contribution in [1.29, 1.82) is 0 Å². The molecule has 0 radical (unpaired) electrons. The highest BCUT2D eigenvalue weighted by atomic mass is 16.2. The maximum atomic E-state index is 12.9. The minimum Gasteiger partial charge on any atom is -0.312 e. The van der Waals surface area contributed by atoms with Gasteiger partial charge in [-0.15, -0.1) is 0 Å². The average molecular weight is 387 g/mol. The van der Waals surface area contributed by atoms with Gasteiger partial charge in [0.1, 0.15) is 5.92 Å². The smallest absolute Gasteiger partial charge is 0.240 e. The fraction of sp³-hybridized carbons (Fsp3) is 0.227. The van der Waals surface area contributed by atoms with Crippen LogP contribution in [0.3, 0.4) is 0 Å². The van der Waals surface area contributed by atoms with Crippen LogP contribution < -0.4 is 10.3 Å². The Bertz CT molecular complexity index is 1030. The Labute approximate surface area is 168 Å². The molecule has 0 bridgehead atoms. The number of benzene rings is 2. The summed E-state index contributed by atoms with van der Waals surface area (Å²) in [6.07, 6.45) is 4.26. The van der Waals surface area contributed by atoms with E-state index in [9.17, 15) is 9.59 Å². The van der Waals surface area contributed by atoms with Gasteiger partial charge in [0.25, 0.3) is 0 Å². The van der Waals surface area contributed by atoms with Gasteiger partial charge in [0.05, 0.1) is 11.9 Å². The second-order valence-corrected chi connectivity index (χ2v) is 6.85. The maximum absolute atomic E-state index is 12.9. The van der Waals surface area contributed by atoms with Crippen LogP contribution in [-0.2, 0) is 9.59 Å². The Morgan fingerprint density at radius 1 is 1.14 bits per heavy atom. The molecule has 4 rings (SSSR count). The Morgan fingerprint density at radius 2 is 1.97 bits per heavy atom. The summed E-state index contributed by atoms with van der Waals surface area (Å²) >= 11 is 0. The van der Waals surface area contributed by atoms with E-state index in [-0.39, 0.29) is 11.8 Å². The zero-order valence-corrected chi connectivity index (χ0v) is 16.1. The molecule has 0 saturated heterocycles. The molecule has 0 aliphatic carbocycles. The van der Waals surface area contributed by atoms with Gasteiger partial charge < -0.3 is 4.90 Å². The molecule has 2 heterocycles. The zero-order chi connectivity index (χ0) is 20.2. The SMILES string of the molecule is CCN1C(=O)C(/C=N/N=C/c2ccccc2)c2ccc(C3=NNC(=O)CC3)cc21. The predicted molar refractivity (Wildman–Crippen MR) is 114 cm³/mol. The number of carbonyl (C=O) groups excluding carboxylic acids is 2. The first-order valence-corrected chi connectivity index (χ1v) is 9.60. The van der Waals surface area contributed by atoms with E-state index in [2.05, 4.69) is 20.7 Å². The quantitative estimate of drug-likeness (QED) is 0.632. The van der Waals surface area contributed by atoms with Gasteiger partial charge in [-0.3, -0.25) is 9.59 Å². The molecule has 2 amide bonds. The molecule has 0 aromatic heterocycles. The van der Waals surface area contributed by atoms with Crippen molar-refractivity contribution in [2.75, 3.05) is 11.4 Å². The van der Waals surface area contributed by atoms with Crippen molar-refractivity contribution in [1.82, 2.24) is 5.43 Å². The molecule has 0 spiro atoms. The average Bonchev–Trinajstić information content (AvgIpc) is 3.02. The van der Waals surface area contributed by atoms with Crippen LogP contribution in [0, 0.1) is 0 Å². The lowest BCUT2D eigenvalue weighted by Crippen LogP contribution is -2.29. The Hall–Kier alpha value is -3.61. The third-order valence-electron chi connectivity index (χ3n) is 5.03. The van der Waals surface area contributed by atoms with Crippen molar-refractivity contribution in [2.24, 2.45) is 15.3 Å². The molecule has 1 atom stereocenters. The van der Waals surface area contributed by atoms with Crippen molar-refractivity contribution in [3.8, 4) is 0 Å². The number of carbonyl (C=O) groups is 2. The van der Waals surface area contributed by atoms with Crippen LogP contribution in [0.5, 0.6) is 0 Å². The monoisotopic (exact) mass is 387 g/mol. The fourth-order valence-corrected chi connectivity index (χ4v) is 3.54. The second-order valence-electron chi connectivity index (χ2n) is 6.85. The lowest BCUT2D eigenvalue weighted by molar-refractivity contribution is -0.121. The van der Waals surface area contributed by atoms with Gasteiger partial charge in [-0.25, -0.2) is 5.43 Å². The lowest BCUT2D eigenvalue weighted by atomic mass is 9.97. The largest absolute Gasteiger partial charge is 0.312 e. The van der Waals surface area contributed by atoms with Gasteiger partial charge in [0, 0.05) is 31.3 Å². The van der Waals surface area contributed by atoms with E-state index in [0.717, 1.165) is 28.1 Å². The molecule has 2 aliphatic heterocycles. The number of rotatable bonds is 5. The summed E-state index contributed by atoms with van der Waals surface area (Å²) < 4.78 is 0. The summed E-state index contributed by atoms with van der Waals surface area (Å²) in [5.41, 5.74) is 6.96. The van der Waals surface area contributed by atoms with Crippen LogP contribution in [0.15, 0.2) is 63.8 Å². The number of amides is 2. The number of anilines is 1. The highest BCUT2D eigenvalue weighted by molar-refractivity contribution is 6.15. The molecule has 0 saturated carbocycles. The number of nitrogens with one attached hydrogen (secondary N) is 1. The molecule has 29 heavy (non-hydrogen) atoms. The van der Waals surface area contributed by atoms with Crippen LogP contribution in [0.2, 0.25) is 0 Å². The highest BCUT2D eigenvalue weighted by Gasteiger charge is 2.36. The fourth-order valence-electron chi connectivity index (χ4n) is 3.54. The Balaban J connectivity index is 1.58. The summed E-state index contributed by atoms with van der Waals surface area (Å²) in [5, 5.41) is 12.3. The lowest BCUT2D eigenvalue weighted by Gasteiger charge is -2.17. The molecule has 2 aromatic rings. The van der Waals surface area contributed by atoms with Crippen molar-refractivity contribution in [3.63, 3.8) is 0 Å². The van der Waals surface area contributed by atoms with E-state index in [1.165, 1.54) is 0 Å². The molecule has 1 N–H and O–H groups in total. The van der Waals surface area contributed by atoms with Crippen molar-refractivity contribution >= 4 is 35.6 Å². The van der Waals surface area contributed by atoms with Crippen molar-refractivity contribution in [2.45, 2.75) is 25.7 Å². The van der Waals surface area contributed by atoms with Gasteiger partial charge in [0.2, 0.25) is 11.8 Å². The number of fused-ring (bicyclic) bond motifs is 1. The molecule has 2 aliphatic rings. The number of likely N-dealkylation sites (N-methyl/N-ethyl adjacent to an activating group) is 1. The van der Waals surface area contributed by atoms with Gasteiger partial charge in [-0.05, 0) is 29.7 Å². The summed E-state index contributed by atoms with van der Waals surface area (Å²) in [6, 6.07) is 15.5. The summed E-state index contributed by atoms with van der Waals surface area (Å²) in [6.45, 7) is 2.51. The van der Waals surface area contributed by atoms with Crippen LogP contribution in [0.4, 0.5) is 5.69 Å². The van der Waals surface area contributed by atoms with Gasteiger partial charge in [-0.2, -0.15) is 15.3 Å². The summed E-state index contributed by atoms with van der Waals surface area (Å²) in [7, 11) is 0. The zero-order valence-electron chi connectivity index (χ0n) is 16.1. The first kappa shape index (κ1) is 18.7. The van der Waals surface area contributed by atoms with E-state index in [0.29, 0.717) is 19.4 Å². The third kappa shape index (κ3) is 3.85. The minimum atomic E-state index is -0.458. The van der Waals surface area contributed by atoms with E-state index in [1.54, 1.807) is 17.3 Å². The van der Waals surface area contributed by atoms with Crippen molar-refractivity contribution in [3.05, 3.63) is 65.2 Å². The van der Waals surface area contributed by atoms with E-state index >= 15 is 0 Å². The molecule has 146 valence electrons. The van der Waals surface area contributed by atoms with Gasteiger partial charge in [-0.1, -0.05) is 42.5 Å². The van der Waals surface area contributed by atoms with Crippen LogP contribution >= 0.6 is 0 Å². The molecule has 7 heteroatoms. The third-order valence-corrected chi connectivity index (χ3v) is 5.03. The minimum absolute atomic E-state index is 0.0165. The highest BCUT2D eigenvalue weighted by Crippen LogP contribution is 2.37. The normalized spacial score (nSPS) is 19.0. The topological polar surface area (TPSA) is 86.5 Å². The maximum Gasteiger partial charge on any atom is 0.240 e. The number of hydrazone groups is 1. The van der Waals surface area contributed by atoms with E-state index < -0.39 is 5.92 Å². The van der Waals surface area contributed by atoms with E-state index in [4.69, 9.17) is 0 Å². The van der Waals surface area contributed by atoms with Crippen molar-refractivity contribution < 1.29 is 9.59 Å². The number of nitrogens with zero attached hydrogens (tertiary/aromatic N) is 4. The van der Waals surface area contributed by atoms with Crippen LogP contribution in [0.1, 0.15) is 42.4 Å². The first-order chi connectivity index (χ1) is 14.2. The van der Waals surface area contributed by atoms with Gasteiger partial charge in [0.15, 0.2) is 0 Å². The molecular formula is C22H21N5O2. The van der Waals surface area contributed by atoms with E-state index in [1.807, 2.05) is 55.5 Å². The van der Waals surface area contributed by atoms with Gasteiger partial charge >= 0.3 is 0 Å². The van der Waals surface area contributed by atoms with Crippen LogP contribution in [-0.4, -0.2) is 36.5 Å². The molecule has 7 nitrogen and oxygen atoms in total. The molecule has 1 unspecified atom stereocenters. The summed E-state index contributed by atoms with van der Waals surface area (Å²) in [5.74, 6) is -0.551. The first-order valence-electron chi connectivity index (χ1n) is 9.60. The molecule has 2 aromatic carbocycles. The number of hydrogen-bond acceptors (Lipinski definition) is 5. The summed E-state index contributed by atoms with van der Waals surface area (Å²) in [4.78, 5) is 26.0. The predicted octanol–water partition coefficient (Wildman–Crippen LogP) is 2.86. The Morgan fingerprint density at radius 3 is 2.69 bits per heavy atom.